The fourth-order valence-corrected chi connectivity index (χ4v) is 1.45. The Hall–Kier alpha value is -0.120. The molecule has 2 fully saturated rings. The van der Waals surface area contributed by atoms with Crippen LogP contribution >= 0.6 is 0 Å². The maximum atomic E-state index is 9.15. The molecular formula is C6H10O3. The molecule has 0 aromatic heterocycles. The first-order valence-corrected chi connectivity index (χ1v) is 3.29. The van der Waals surface area contributed by atoms with E-state index < -0.39 is 0 Å². The molecule has 0 saturated carbocycles. The van der Waals surface area contributed by atoms with E-state index in [-0.39, 0.29) is 18.3 Å². The van der Waals surface area contributed by atoms with Crippen LogP contribution in [-0.4, -0.2) is 36.6 Å². The molecule has 0 radical (unpaired) electrons. The van der Waals surface area contributed by atoms with Crippen molar-refractivity contribution >= 4 is 0 Å². The molecule has 2 saturated heterocycles. The number of hydrogen-bond acceptors (Lipinski definition) is 3. The van der Waals surface area contributed by atoms with E-state index in [1.165, 1.54) is 0 Å². The lowest BCUT2D eigenvalue weighted by molar-refractivity contribution is 0.0187. The second kappa shape index (κ2) is 1.94. The fraction of sp³-hybridized carbons (Fsp3) is 1.00. The first-order chi connectivity index (χ1) is 4.38. The molecule has 0 unspecified atom stereocenters. The molecule has 52 valence electrons. The molecule has 1 N–H and O–H groups in total. The van der Waals surface area contributed by atoms with E-state index in [2.05, 4.69) is 0 Å². The molecule has 0 aromatic rings. The van der Waals surface area contributed by atoms with Gasteiger partial charge in [-0.2, -0.15) is 0 Å². The predicted molar refractivity (Wildman–Crippen MR) is 30.1 cm³/mol. The van der Waals surface area contributed by atoms with Crippen LogP contribution in [0.5, 0.6) is 0 Å². The zero-order chi connectivity index (χ0) is 6.27. The summed E-state index contributed by atoms with van der Waals surface area (Å²) >= 11 is 0. The van der Waals surface area contributed by atoms with Crippen LogP contribution in [0.2, 0.25) is 0 Å². The highest BCUT2D eigenvalue weighted by Gasteiger charge is 2.40. The average molecular weight is 130 g/mol. The van der Waals surface area contributed by atoms with Crippen LogP contribution in [-0.2, 0) is 9.47 Å². The molecule has 3 nitrogen and oxygen atoms in total. The monoisotopic (exact) mass is 130 g/mol. The minimum absolute atomic E-state index is 0.0231. The Kier molecular flexibility index (Phi) is 1.22. The summed E-state index contributed by atoms with van der Waals surface area (Å²) in [6.07, 6.45) is 0.726. The van der Waals surface area contributed by atoms with Crippen molar-refractivity contribution in [2.45, 2.75) is 24.7 Å². The van der Waals surface area contributed by atoms with E-state index in [9.17, 15) is 0 Å². The van der Waals surface area contributed by atoms with Crippen LogP contribution in [0.15, 0.2) is 0 Å². The average Bonchev–Trinajstić information content (AvgIpc) is 2.35. The molecule has 0 amide bonds. The van der Waals surface area contributed by atoms with Crippen LogP contribution in [0.1, 0.15) is 6.42 Å². The first-order valence-electron chi connectivity index (χ1n) is 3.29. The topological polar surface area (TPSA) is 38.7 Å². The second-order valence-corrected chi connectivity index (χ2v) is 2.56. The Bertz CT molecular complexity index is 115. The number of ether oxygens (including phenoxy) is 2. The summed E-state index contributed by atoms with van der Waals surface area (Å²) in [5, 5.41) is 9.15. The van der Waals surface area contributed by atoms with Gasteiger partial charge in [-0.15, -0.1) is 0 Å². The van der Waals surface area contributed by atoms with Crippen molar-refractivity contribution in [3.8, 4) is 0 Å². The normalized spacial score (nSPS) is 49.7. The van der Waals surface area contributed by atoms with Gasteiger partial charge in [0.15, 0.2) is 0 Å². The lowest BCUT2D eigenvalue weighted by Gasteiger charge is -2.08. The summed E-state index contributed by atoms with van der Waals surface area (Å²) in [5.74, 6) is 0. The van der Waals surface area contributed by atoms with E-state index in [1.54, 1.807) is 0 Å². The highest BCUT2D eigenvalue weighted by atomic mass is 16.6. The standard InChI is InChI=1S/C6H10O3/c7-4-3-9-5-1-2-8-6(4)5/h4-7H,1-3H2/t4-,5-,6+/m1/s1. The summed E-state index contributed by atoms with van der Waals surface area (Å²) in [5.41, 5.74) is 0. The smallest absolute Gasteiger partial charge is 0.112 e. The summed E-state index contributed by atoms with van der Waals surface area (Å²) < 4.78 is 10.4. The maximum Gasteiger partial charge on any atom is 0.112 e. The quantitative estimate of drug-likeness (QED) is 0.482. The SMILES string of the molecule is O[C@@H]1CO[C@@H]2CCO[C@@H]12. The number of aliphatic hydroxyl groups excluding tert-OH is 1. The lowest BCUT2D eigenvalue weighted by Crippen LogP contribution is -2.26. The Balaban J connectivity index is 2.07. The van der Waals surface area contributed by atoms with Gasteiger partial charge in [0, 0.05) is 6.61 Å². The minimum Gasteiger partial charge on any atom is -0.388 e. The highest BCUT2D eigenvalue weighted by Crippen LogP contribution is 2.25. The molecule has 0 aliphatic carbocycles. The third-order valence-electron chi connectivity index (χ3n) is 1.94. The van der Waals surface area contributed by atoms with Crippen LogP contribution in [0, 0.1) is 0 Å². The van der Waals surface area contributed by atoms with E-state index >= 15 is 0 Å². The van der Waals surface area contributed by atoms with Crippen LogP contribution in [0.25, 0.3) is 0 Å². The molecule has 0 aromatic carbocycles. The largest absolute Gasteiger partial charge is 0.388 e. The van der Waals surface area contributed by atoms with Crippen LogP contribution in [0.3, 0.4) is 0 Å². The molecule has 2 rings (SSSR count). The molecule has 0 spiro atoms. The third-order valence-corrected chi connectivity index (χ3v) is 1.94. The summed E-state index contributed by atoms with van der Waals surface area (Å²) in [6.45, 7) is 1.20. The van der Waals surface area contributed by atoms with Gasteiger partial charge in [0.05, 0.1) is 12.7 Å². The Morgan fingerprint density at radius 2 is 2.22 bits per heavy atom. The van der Waals surface area contributed by atoms with Crippen molar-refractivity contribution in [3.05, 3.63) is 0 Å². The van der Waals surface area contributed by atoms with Crippen LogP contribution in [0.4, 0.5) is 0 Å². The van der Waals surface area contributed by atoms with Gasteiger partial charge in [-0.05, 0) is 6.42 Å². The molecule has 0 bridgehead atoms. The molecule has 2 heterocycles. The molecular weight excluding hydrogens is 120 g/mol. The second-order valence-electron chi connectivity index (χ2n) is 2.56. The van der Waals surface area contributed by atoms with E-state index in [1.807, 2.05) is 0 Å². The number of rotatable bonds is 0. The van der Waals surface area contributed by atoms with Gasteiger partial charge in [-0.25, -0.2) is 0 Å². The summed E-state index contributed by atoms with van der Waals surface area (Å²) in [6, 6.07) is 0. The van der Waals surface area contributed by atoms with Crippen molar-refractivity contribution in [2.75, 3.05) is 13.2 Å². The number of hydrogen-bond donors (Lipinski definition) is 1. The van der Waals surface area contributed by atoms with Crippen molar-refractivity contribution in [1.29, 1.82) is 0 Å². The predicted octanol–water partition coefficient (Wildman–Crippen LogP) is -0.465. The Morgan fingerprint density at radius 3 is 3.00 bits per heavy atom. The zero-order valence-electron chi connectivity index (χ0n) is 5.12. The summed E-state index contributed by atoms with van der Waals surface area (Å²) in [7, 11) is 0. The molecule has 3 atom stereocenters. The Labute approximate surface area is 53.6 Å². The van der Waals surface area contributed by atoms with Crippen LogP contribution < -0.4 is 0 Å². The van der Waals surface area contributed by atoms with Gasteiger partial charge in [-0.3, -0.25) is 0 Å². The molecule has 3 heteroatoms. The first kappa shape index (κ1) is 5.65. The highest BCUT2D eigenvalue weighted by molar-refractivity contribution is 4.88. The van der Waals surface area contributed by atoms with Crippen molar-refractivity contribution in [2.24, 2.45) is 0 Å². The molecule has 2 aliphatic heterocycles. The van der Waals surface area contributed by atoms with Crippen molar-refractivity contribution in [1.82, 2.24) is 0 Å². The van der Waals surface area contributed by atoms with Gasteiger partial charge in [0.1, 0.15) is 12.2 Å². The zero-order valence-corrected chi connectivity index (χ0v) is 5.12. The minimum atomic E-state index is -0.377. The Morgan fingerprint density at radius 1 is 1.33 bits per heavy atom. The van der Waals surface area contributed by atoms with Gasteiger partial charge in [-0.1, -0.05) is 0 Å². The number of aliphatic hydroxyl groups is 1. The maximum absolute atomic E-state index is 9.15. The van der Waals surface area contributed by atoms with Gasteiger partial charge in [0.25, 0.3) is 0 Å². The van der Waals surface area contributed by atoms with E-state index in [0.717, 1.165) is 13.0 Å². The van der Waals surface area contributed by atoms with E-state index in [0.29, 0.717) is 6.61 Å². The fourth-order valence-electron chi connectivity index (χ4n) is 1.45. The third kappa shape index (κ3) is 0.764. The van der Waals surface area contributed by atoms with E-state index in [4.69, 9.17) is 14.6 Å². The lowest BCUT2D eigenvalue weighted by atomic mass is 10.1. The van der Waals surface area contributed by atoms with Crippen molar-refractivity contribution in [3.63, 3.8) is 0 Å². The van der Waals surface area contributed by atoms with Gasteiger partial charge >= 0.3 is 0 Å². The number of fused-ring (bicyclic) bond motifs is 1. The van der Waals surface area contributed by atoms with Crippen molar-refractivity contribution < 1.29 is 14.6 Å². The molecule has 2 aliphatic rings. The molecule has 9 heavy (non-hydrogen) atoms. The summed E-state index contributed by atoms with van der Waals surface area (Å²) in [4.78, 5) is 0. The van der Waals surface area contributed by atoms with Gasteiger partial charge < -0.3 is 14.6 Å². The van der Waals surface area contributed by atoms with Gasteiger partial charge in [0.2, 0.25) is 0 Å².